The summed E-state index contributed by atoms with van der Waals surface area (Å²) in [6, 6.07) is 11.3. The second-order valence-electron chi connectivity index (χ2n) is 4.80. The molecule has 2 rings (SSSR count). The predicted molar refractivity (Wildman–Crippen MR) is 86.2 cm³/mol. The van der Waals surface area contributed by atoms with E-state index in [0.29, 0.717) is 17.9 Å². The molecule has 110 valence electrons. The van der Waals surface area contributed by atoms with Crippen molar-refractivity contribution in [2.45, 2.75) is 20.5 Å². The lowest BCUT2D eigenvalue weighted by Gasteiger charge is -2.13. The maximum absolute atomic E-state index is 11.7. The van der Waals surface area contributed by atoms with Gasteiger partial charge in [-0.1, -0.05) is 22.0 Å². The van der Waals surface area contributed by atoms with Gasteiger partial charge in [0.15, 0.2) is 5.78 Å². The highest BCUT2D eigenvalue weighted by Crippen LogP contribution is 2.26. The van der Waals surface area contributed by atoms with Crippen LogP contribution >= 0.6 is 15.9 Å². The van der Waals surface area contributed by atoms with Crippen LogP contribution in [0, 0.1) is 6.92 Å². The molecule has 0 bridgehead atoms. The Kier molecular flexibility index (Phi) is 5.02. The third-order valence-electron chi connectivity index (χ3n) is 3.14. The van der Waals surface area contributed by atoms with Crippen molar-refractivity contribution in [1.29, 1.82) is 0 Å². The predicted octanol–water partition coefficient (Wildman–Crippen LogP) is 4.55. The molecule has 0 amide bonds. The first-order valence-corrected chi connectivity index (χ1v) is 7.37. The Hall–Kier alpha value is -1.81. The van der Waals surface area contributed by atoms with E-state index in [1.54, 1.807) is 13.2 Å². The number of carbonyl (C=O) groups excluding carboxylic acids is 1. The zero-order valence-electron chi connectivity index (χ0n) is 12.3. The summed E-state index contributed by atoms with van der Waals surface area (Å²) in [5, 5.41) is 0. The monoisotopic (exact) mass is 348 g/mol. The minimum Gasteiger partial charge on any atom is -0.496 e. The number of Topliss-reactive ketones (excluding diaryl/α,β-unsaturated/α-hetero) is 1. The number of ether oxygens (including phenoxy) is 2. The number of hydrogen-bond donors (Lipinski definition) is 0. The van der Waals surface area contributed by atoms with E-state index in [2.05, 4.69) is 15.9 Å². The molecule has 0 radical (unpaired) electrons. The highest BCUT2D eigenvalue weighted by atomic mass is 79.9. The number of aryl methyl sites for hydroxylation is 1. The van der Waals surface area contributed by atoms with Gasteiger partial charge < -0.3 is 9.47 Å². The number of rotatable bonds is 5. The van der Waals surface area contributed by atoms with Gasteiger partial charge in [0.25, 0.3) is 0 Å². The highest BCUT2D eigenvalue weighted by Gasteiger charge is 2.10. The Morgan fingerprint density at radius 2 is 1.90 bits per heavy atom. The number of methoxy groups -OCH3 is 1. The van der Waals surface area contributed by atoms with Crippen LogP contribution in [0.5, 0.6) is 11.5 Å². The molecule has 3 nitrogen and oxygen atoms in total. The third kappa shape index (κ3) is 3.85. The largest absolute Gasteiger partial charge is 0.496 e. The van der Waals surface area contributed by atoms with Gasteiger partial charge in [0.2, 0.25) is 0 Å². The summed E-state index contributed by atoms with van der Waals surface area (Å²) in [6.07, 6.45) is 0. The number of ketones is 1. The molecule has 0 heterocycles. The Balaban J connectivity index is 2.26. The van der Waals surface area contributed by atoms with Crippen molar-refractivity contribution < 1.29 is 14.3 Å². The summed E-state index contributed by atoms with van der Waals surface area (Å²) < 4.78 is 12.1. The lowest BCUT2D eigenvalue weighted by molar-refractivity contribution is 0.101. The first-order chi connectivity index (χ1) is 10.0. The van der Waals surface area contributed by atoms with E-state index in [1.165, 1.54) is 6.92 Å². The zero-order valence-corrected chi connectivity index (χ0v) is 13.9. The fourth-order valence-corrected chi connectivity index (χ4v) is 2.46. The number of hydrogen-bond acceptors (Lipinski definition) is 3. The van der Waals surface area contributed by atoms with Crippen molar-refractivity contribution in [2.75, 3.05) is 7.11 Å². The van der Waals surface area contributed by atoms with Crippen LogP contribution in [-0.2, 0) is 6.61 Å². The molecule has 0 unspecified atom stereocenters. The standard InChI is InChI=1S/C17H17BrO3/c1-11-4-6-15(12(2)19)17(8-11)21-10-13-9-14(18)5-7-16(13)20-3/h4-9H,10H2,1-3H3. The molecule has 4 heteroatoms. The van der Waals surface area contributed by atoms with Crippen molar-refractivity contribution >= 4 is 21.7 Å². The van der Waals surface area contributed by atoms with Gasteiger partial charge in [-0.15, -0.1) is 0 Å². The lowest BCUT2D eigenvalue weighted by Crippen LogP contribution is -2.03. The van der Waals surface area contributed by atoms with Gasteiger partial charge in [-0.05, 0) is 49.7 Å². The molecule has 0 N–H and O–H groups in total. The van der Waals surface area contributed by atoms with E-state index in [4.69, 9.17) is 9.47 Å². The zero-order chi connectivity index (χ0) is 15.4. The van der Waals surface area contributed by atoms with Crippen molar-refractivity contribution in [3.8, 4) is 11.5 Å². The van der Waals surface area contributed by atoms with Crippen LogP contribution in [0.15, 0.2) is 40.9 Å². The van der Waals surface area contributed by atoms with Crippen LogP contribution < -0.4 is 9.47 Å². The summed E-state index contributed by atoms with van der Waals surface area (Å²) in [7, 11) is 1.63. The maximum Gasteiger partial charge on any atom is 0.163 e. The topological polar surface area (TPSA) is 35.5 Å². The Bertz CT molecular complexity index is 665. The van der Waals surface area contributed by atoms with Crippen LogP contribution in [0.1, 0.15) is 28.4 Å². The lowest BCUT2D eigenvalue weighted by atomic mass is 10.1. The van der Waals surface area contributed by atoms with Crippen LogP contribution in [0.4, 0.5) is 0 Å². The van der Waals surface area contributed by atoms with Gasteiger partial charge in [0, 0.05) is 10.0 Å². The molecule has 2 aromatic carbocycles. The summed E-state index contributed by atoms with van der Waals surface area (Å²) in [5.41, 5.74) is 2.56. The molecular weight excluding hydrogens is 332 g/mol. The number of carbonyl (C=O) groups is 1. The minimum atomic E-state index is -0.00814. The van der Waals surface area contributed by atoms with E-state index >= 15 is 0 Å². The summed E-state index contributed by atoms with van der Waals surface area (Å²) in [6.45, 7) is 3.85. The van der Waals surface area contributed by atoms with Gasteiger partial charge in [-0.3, -0.25) is 4.79 Å². The van der Waals surface area contributed by atoms with Crippen molar-refractivity contribution in [3.05, 3.63) is 57.6 Å². The van der Waals surface area contributed by atoms with Crippen molar-refractivity contribution in [2.24, 2.45) is 0 Å². The molecule has 0 spiro atoms. The quantitative estimate of drug-likeness (QED) is 0.743. The summed E-state index contributed by atoms with van der Waals surface area (Å²) >= 11 is 3.44. The molecule has 0 saturated carbocycles. The molecule has 21 heavy (non-hydrogen) atoms. The van der Waals surface area contributed by atoms with Crippen LogP contribution in [0.25, 0.3) is 0 Å². The number of benzene rings is 2. The molecule has 2 aromatic rings. The molecular formula is C17H17BrO3. The van der Waals surface area contributed by atoms with E-state index < -0.39 is 0 Å². The average molecular weight is 349 g/mol. The fourth-order valence-electron chi connectivity index (χ4n) is 2.06. The van der Waals surface area contributed by atoms with Crippen molar-refractivity contribution in [3.63, 3.8) is 0 Å². The van der Waals surface area contributed by atoms with Crippen LogP contribution in [-0.4, -0.2) is 12.9 Å². The van der Waals surface area contributed by atoms with Gasteiger partial charge in [0.05, 0.1) is 12.7 Å². The first kappa shape index (κ1) is 15.6. The minimum absolute atomic E-state index is 0.00814. The van der Waals surface area contributed by atoms with E-state index in [1.807, 2.05) is 37.3 Å². The third-order valence-corrected chi connectivity index (χ3v) is 3.64. The fraction of sp³-hybridized carbons (Fsp3) is 0.235. The van der Waals surface area contributed by atoms with Gasteiger partial charge in [-0.2, -0.15) is 0 Å². The van der Waals surface area contributed by atoms with Gasteiger partial charge >= 0.3 is 0 Å². The normalized spacial score (nSPS) is 10.3. The second kappa shape index (κ2) is 6.76. The van der Waals surface area contributed by atoms with E-state index in [-0.39, 0.29) is 5.78 Å². The average Bonchev–Trinajstić information content (AvgIpc) is 2.45. The molecule has 0 aliphatic carbocycles. The Labute approximate surface area is 133 Å². The molecule has 0 atom stereocenters. The molecule has 0 aliphatic rings. The molecule has 0 aromatic heterocycles. The van der Waals surface area contributed by atoms with E-state index in [0.717, 1.165) is 21.3 Å². The second-order valence-corrected chi connectivity index (χ2v) is 5.72. The maximum atomic E-state index is 11.7. The Morgan fingerprint density at radius 1 is 1.14 bits per heavy atom. The molecule has 0 aliphatic heterocycles. The highest BCUT2D eigenvalue weighted by molar-refractivity contribution is 9.10. The smallest absolute Gasteiger partial charge is 0.163 e. The SMILES string of the molecule is COc1ccc(Br)cc1COc1cc(C)ccc1C(C)=O. The summed E-state index contributed by atoms with van der Waals surface area (Å²) in [4.78, 5) is 11.7. The summed E-state index contributed by atoms with van der Waals surface area (Å²) in [5.74, 6) is 1.35. The van der Waals surface area contributed by atoms with Crippen molar-refractivity contribution in [1.82, 2.24) is 0 Å². The number of halogens is 1. The van der Waals surface area contributed by atoms with Crippen LogP contribution in [0.2, 0.25) is 0 Å². The van der Waals surface area contributed by atoms with Gasteiger partial charge in [-0.25, -0.2) is 0 Å². The molecule has 0 fully saturated rings. The van der Waals surface area contributed by atoms with Crippen LogP contribution in [0.3, 0.4) is 0 Å². The van der Waals surface area contributed by atoms with Gasteiger partial charge in [0.1, 0.15) is 18.1 Å². The first-order valence-electron chi connectivity index (χ1n) is 6.58. The van der Waals surface area contributed by atoms with E-state index in [9.17, 15) is 4.79 Å². The Morgan fingerprint density at radius 3 is 2.57 bits per heavy atom. The molecule has 0 saturated heterocycles.